The molecule has 2 fully saturated rings. The molecule has 2 heterocycles. The molecule has 2 rings (SSSR count). The summed E-state index contributed by atoms with van der Waals surface area (Å²) in [4.78, 5) is 12.0. The fraction of sp³-hybridized carbons (Fsp3) is 0.889. The molecule has 3 nitrogen and oxygen atoms in total. The van der Waals surface area contributed by atoms with Gasteiger partial charge < -0.3 is 10.6 Å². The van der Waals surface area contributed by atoms with Crippen molar-refractivity contribution in [1.82, 2.24) is 10.6 Å². The van der Waals surface area contributed by atoms with Crippen LogP contribution in [0.2, 0.25) is 0 Å². The van der Waals surface area contributed by atoms with Crippen LogP contribution in [-0.2, 0) is 4.79 Å². The van der Waals surface area contributed by atoms with Crippen molar-refractivity contribution in [3.8, 4) is 0 Å². The SMILES string of the molecule is O=C(C1CNCCS1)C1CNCCS1. The number of hydrogen-bond acceptors (Lipinski definition) is 5. The normalized spacial score (nSPS) is 34.0. The minimum absolute atomic E-state index is 0.196. The molecule has 14 heavy (non-hydrogen) atoms. The van der Waals surface area contributed by atoms with Gasteiger partial charge in [-0.2, -0.15) is 0 Å². The maximum Gasteiger partial charge on any atom is 0.161 e. The van der Waals surface area contributed by atoms with Crippen LogP contribution < -0.4 is 10.6 Å². The van der Waals surface area contributed by atoms with E-state index in [1.807, 2.05) is 23.5 Å². The molecule has 0 radical (unpaired) electrons. The van der Waals surface area contributed by atoms with Gasteiger partial charge in [-0.3, -0.25) is 4.79 Å². The molecule has 0 aliphatic carbocycles. The second-order valence-corrected chi connectivity index (χ2v) is 6.15. The summed E-state index contributed by atoms with van der Waals surface area (Å²) >= 11 is 3.62. The van der Waals surface area contributed by atoms with Crippen molar-refractivity contribution >= 4 is 29.3 Å². The molecule has 0 spiro atoms. The summed E-state index contributed by atoms with van der Waals surface area (Å²) < 4.78 is 0. The molecule has 2 aliphatic rings. The van der Waals surface area contributed by atoms with Gasteiger partial charge in [-0.15, -0.1) is 23.5 Å². The smallest absolute Gasteiger partial charge is 0.161 e. The number of rotatable bonds is 2. The van der Waals surface area contributed by atoms with Gasteiger partial charge in [-0.1, -0.05) is 0 Å². The molecule has 0 amide bonds. The van der Waals surface area contributed by atoms with E-state index in [1.54, 1.807) is 0 Å². The first-order valence-corrected chi connectivity index (χ1v) is 7.16. The maximum absolute atomic E-state index is 12.0. The van der Waals surface area contributed by atoms with E-state index in [-0.39, 0.29) is 10.5 Å². The van der Waals surface area contributed by atoms with E-state index >= 15 is 0 Å². The van der Waals surface area contributed by atoms with Gasteiger partial charge in [-0.25, -0.2) is 0 Å². The van der Waals surface area contributed by atoms with Crippen LogP contribution in [0.3, 0.4) is 0 Å². The summed E-state index contributed by atoms with van der Waals surface area (Å²) in [6.45, 7) is 3.82. The second-order valence-electron chi connectivity index (χ2n) is 3.53. The zero-order valence-corrected chi connectivity index (χ0v) is 9.76. The number of nitrogens with one attached hydrogen (secondary N) is 2. The Bertz CT molecular complexity index is 181. The molecule has 2 aliphatic heterocycles. The Kier molecular flexibility index (Phi) is 4.16. The Balaban J connectivity index is 1.85. The van der Waals surface area contributed by atoms with E-state index in [4.69, 9.17) is 0 Å². The highest BCUT2D eigenvalue weighted by Gasteiger charge is 2.29. The molecule has 0 aromatic rings. The average Bonchev–Trinajstić information content (AvgIpc) is 2.30. The molecule has 0 bridgehead atoms. The molecule has 0 aromatic carbocycles. The van der Waals surface area contributed by atoms with Gasteiger partial charge in [0, 0.05) is 37.7 Å². The van der Waals surface area contributed by atoms with Crippen molar-refractivity contribution in [2.45, 2.75) is 10.5 Å². The lowest BCUT2D eigenvalue weighted by Crippen LogP contribution is -2.46. The molecule has 2 N–H and O–H groups in total. The van der Waals surface area contributed by atoms with E-state index in [1.165, 1.54) is 0 Å². The van der Waals surface area contributed by atoms with E-state index < -0.39 is 0 Å². The third-order valence-corrected chi connectivity index (χ3v) is 4.97. The van der Waals surface area contributed by atoms with E-state index in [9.17, 15) is 4.79 Å². The first-order chi connectivity index (χ1) is 6.88. The fourth-order valence-corrected chi connectivity index (χ4v) is 4.01. The Morgan fingerprint density at radius 2 is 1.50 bits per heavy atom. The highest BCUT2D eigenvalue weighted by Crippen LogP contribution is 2.22. The molecular weight excluding hydrogens is 216 g/mol. The minimum atomic E-state index is 0.196. The van der Waals surface area contributed by atoms with Crippen LogP contribution in [0.1, 0.15) is 0 Å². The highest BCUT2D eigenvalue weighted by molar-refractivity contribution is 8.02. The summed E-state index contributed by atoms with van der Waals surface area (Å²) in [5.41, 5.74) is 0. The largest absolute Gasteiger partial charge is 0.314 e. The van der Waals surface area contributed by atoms with Crippen molar-refractivity contribution in [1.29, 1.82) is 0 Å². The first-order valence-electron chi connectivity index (χ1n) is 5.06. The Morgan fingerprint density at radius 1 is 1.00 bits per heavy atom. The number of ketones is 1. The topological polar surface area (TPSA) is 41.1 Å². The van der Waals surface area contributed by atoms with Gasteiger partial charge in [0.25, 0.3) is 0 Å². The molecule has 0 aromatic heterocycles. The average molecular weight is 232 g/mol. The van der Waals surface area contributed by atoms with Gasteiger partial charge in [0.1, 0.15) is 0 Å². The predicted molar refractivity (Wildman–Crippen MR) is 63.2 cm³/mol. The monoisotopic (exact) mass is 232 g/mol. The number of carbonyl (C=O) groups is 1. The lowest BCUT2D eigenvalue weighted by molar-refractivity contribution is -0.118. The lowest BCUT2D eigenvalue weighted by atomic mass is 10.2. The zero-order valence-electron chi connectivity index (χ0n) is 8.12. The molecule has 5 heteroatoms. The van der Waals surface area contributed by atoms with Gasteiger partial charge in [0.05, 0.1) is 10.5 Å². The first kappa shape index (κ1) is 10.8. The molecule has 2 unspecified atom stereocenters. The van der Waals surface area contributed by atoms with Gasteiger partial charge in [0.15, 0.2) is 5.78 Å². The van der Waals surface area contributed by atoms with Gasteiger partial charge in [0.2, 0.25) is 0 Å². The van der Waals surface area contributed by atoms with Gasteiger partial charge in [-0.05, 0) is 0 Å². The maximum atomic E-state index is 12.0. The van der Waals surface area contributed by atoms with Crippen molar-refractivity contribution in [3.05, 3.63) is 0 Å². The number of carbonyl (C=O) groups excluding carboxylic acids is 1. The van der Waals surface area contributed by atoms with Crippen LogP contribution in [0.5, 0.6) is 0 Å². The van der Waals surface area contributed by atoms with Crippen molar-refractivity contribution in [2.24, 2.45) is 0 Å². The molecule has 80 valence electrons. The summed E-state index contributed by atoms with van der Waals surface area (Å²) in [6, 6.07) is 0. The van der Waals surface area contributed by atoms with Crippen LogP contribution in [0, 0.1) is 0 Å². The quantitative estimate of drug-likeness (QED) is 0.699. The lowest BCUT2D eigenvalue weighted by Gasteiger charge is -2.27. The molecular formula is C9H16N2OS2. The van der Waals surface area contributed by atoms with Crippen molar-refractivity contribution < 1.29 is 4.79 Å². The standard InChI is InChI=1S/C9H16N2OS2/c12-9(7-5-10-1-3-13-7)8-6-11-2-4-14-8/h7-8,10-11H,1-6H2. The van der Waals surface area contributed by atoms with E-state index in [2.05, 4.69) is 10.6 Å². The van der Waals surface area contributed by atoms with E-state index in [0.29, 0.717) is 5.78 Å². The Hall–Kier alpha value is 0.290. The Morgan fingerprint density at radius 3 is 1.86 bits per heavy atom. The molecule has 0 saturated carbocycles. The fourth-order valence-electron chi connectivity index (χ4n) is 1.70. The number of thioether (sulfide) groups is 2. The molecule has 2 atom stereocenters. The van der Waals surface area contributed by atoms with Crippen molar-refractivity contribution in [3.63, 3.8) is 0 Å². The van der Waals surface area contributed by atoms with Crippen LogP contribution in [0.25, 0.3) is 0 Å². The zero-order chi connectivity index (χ0) is 9.80. The summed E-state index contributed by atoms with van der Waals surface area (Å²) in [6.07, 6.45) is 0. The third-order valence-electron chi connectivity index (χ3n) is 2.49. The second kappa shape index (κ2) is 5.39. The van der Waals surface area contributed by atoms with Gasteiger partial charge >= 0.3 is 0 Å². The number of hydrogen-bond donors (Lipinski definition) is 2. The summed E-state index contributed by atoms with van der Waals surface area (Å²) in [5.74, 6) is 2.57. The van der Waals surface area contributed by atoms with Crippen molar-refractivity contribution in [2.75, 3.05) is 37.7 Å². The summed E-state index contributed by atoms with van der Waals surface area (Å²) in [7, 11) is 0. The van der Waals surface area contributed by atoms with Crippen LogP contribution >= 0.6 is 23.5 Å². The third kappa shape index (κ3) is 2.66. The van der Waals surface area contributed by atoms with Crippen LogP contribution in [0.4, 0.5) is 0 Å². The number of Topliss-reactive ketones (excluding diaryl/α,β-unsaturated/α-hetero) is 1. The predicted octanol–water partition coefficient (Wildman–Crippen LogP) is -0.0345. The summed E-state index contributed by atoms with van der Waals surface area (Å²) in [5, 5.41) is 6.96. The van der Waals surface area contributed by atoms with Crippen LogP contribution in [0.15, 0.2) is 0 Å². The molecule has 2 saturated heterocycles. The highest BCUT2D eigenvalue weighted by atomic mass is 32.2. The Labute approximate surface area is 93.2 Å². The minimum Gasteiger partial charge on any atom is -0.314 e. The van der Waals surface area contributed by atoms with E-state index in [0.717, 1.165) is 37.7 Å². The van der Waals surface area contributed by atoms with Crippen LogP contribution in [-0.4, -0.2) is 54.0 Å².